The quantitative estimate of drug-likeness (QED) is 0.639. The molecule has 13 heavy (non-hydrogen) atoms. The van der Waals surface area contributed by atoms with Crippen LogP contribution in [0.5, 0.6) is 0 Å². The molecule has 0 aliphatic rings. The van der Waals surface area contributed by atoms with Crippen molar-refractivity contribution in [2.75, 3.05) is 0 Å². The van der Waals surface area contributed by atoms with Gasteiger partial charge in [0.05, 0.1) is 0 Å². The van der Waals surface area contributed by atoms with Crippen LogP contribution in [0.15, 0.2) is 18.2 Å². The second kappa shape index (κ2) is 3.53. The summed E-state index contributed by atoms with van der Waals surface area (Å²) in [5.74, 6) is 0. The topological polar surface area (TPSA) is 0 Å². The molecular weight excluding hydrogens is 156 g/mol. The van der Waals surface area contributed by atoms with Gasteiger partial charge in [0, 0.05) is 0 Å². The predicted molar refractivity (Wildman–Crippen MR) is 59.2 cm³/mol. The molecule has 0 radical (unpaired) electrons. The van der Waals surface area contributed by atoms with Crippen molar-refractivity contribution < 1.29 is 0 Å². The van der Waals surface area contributed by atoms with Gasteiger partial charge in [-0.2, -0.15) is 0 Å². The van der Waals surface area contributed by atoms with Gasteiger partial charge < -0.3 is 0 Å². The minimum atomic E-state index is 0.317. The summed E-state index contributed by atoms with van der Waals surface area (Å²) in [4.78, 5) is 0. The fraction of sp³-hybridized carbons (Fsp3) is 0.538. The van der Waals surface area contributed by atoms with E-state index in [4.69, 9.17) is 0 Å². The zero-order valence-electron chi connectivity index (χ0n) is 9.44. The number of aryl methyl sites for hydroxylation is 2. The van der Waals surface area contributed by atoms with Gasteiger partial charge in [-0.15, -0.1) is 0 Å². The number of hydrogen-bond acceptors (Lipinski definition) is 0. The van der Waals surface area contributed by atoms with Crippen molar-refractivity contribution in [2.45, 2.75) is 46.5 Å². The Morgan fingerprint density at radius 2 is 1.77 bits per heavy atom. The van der Waals surface area contributed by atoms with Crippen molar-refractivity contribution in [3.63, 3.8) is 0 Å². The van der Waals surface area contributed by atoms with E-state index in [1.54, 1.807) is 0 Å². The smallest absolute Gasteiger partial charge is 0.0104 e. The molecule has 0 amide bonds. The van der Waals surface area contributed by atoms with Crippen LogP contribution in [-0.2, 0) is 5.41 Å². The Labute approximate surface area is 82.0 Å². The maximum atomic E-state index is 2.31. The van der Waals surface area contributed by atoms with Gasteiger partial charge in [0.1, 0.15) is 0 Å². The summed E-state index contributed by atoms with van der Waals surface area (Å²) in [5, 5.41) is 0. The summed E-state index contributed by atoms with van der Waals surface area (Å²) >= 11 is 0. The summed E-state index contributed by atoms with van der Waals surface area (Å²) in [7, 11) is 0. The lowest BCUT2D eigenvalue weighted by molar-refractivity contribution is 0.503. The first kappa shape index (κ1) is 10.3. The van der Waals surface area contributed by atoms with Crippen molar-refractivity contribution in [1.29, 1.82) is 0 Å². The molecule has 0 fully saturated rings. The fourth-order valence-corrected chi connectivity index (χ4v) is 1.76. The Kier molecular flexibility index (Phi) is 2.80. The first-order valence-electron chi connectivity index (χ1n) is 5.05. The van der Waals surface area contributed by atoms with Crippen LogP contribution < -0.4 is 0 Å². The number of rotatable bonds is 2. The van der Waals surface area contributed by atoms with Gasteiger partial charge in [-0.05, 0) is 36.8 Å². The van der Waals surface area contributed by atoms with E-state index in [1.807, 2.05) is 0 Å². The van der Waals surface area contributed by atoms with Crippen molar-refractivity contribution >= 4 is 0 Å². The zero-order chi connectivity index (χ0) is 10.1. The normalized spacial score (nSPS) is 11.8. The largest absolute Gasteiger partial charge is 0.0646 e. The lowest BCUT2D eigenvalue weighted by atomic mass is 9.79. The molecule has 1 aromatic rings. The highest BCUT2D eigenvalue weighted by Gasteiger charge is 2.19. The molecule has 0 saturated heterocycles. The summed E-state index contributed by atoms with van der Waals surface area (Å²) in [5.41, 5.74) is 4.58. The van der Waals surface area contributed by atoms with Crippen LogP contribution in [0.4, 0.5) is 0 Å². The van der Waals surface area contributed by atoms with Crippen LogP contribution in [0.25, 0.3) is 0 Å². The van der Waals surface area contributed by atoms with E-state index in [9.17, 15) is 0 Å². The van der Waals surface area contributed by atoms with Gasteiger partial charge in [0.15, 0.2) is 0 Å². The van der Waals surface area contributed by atoms with Crippen LogP contribution in [0.2, 0.25) is 0 Å². The first-order valence-corrected chi connectivity index (χ1v) is 5.05. The summed E-state index contributed by atoms with van der Waals surface area (Å²) in [6.07, 6.45) is 1.19. The molecule has 0 atom stereocenters. The fourth-order valence-electron chi connectivity index (χ4n) is 1.76. The Bertz CT molecular complexity index is 295. The standard InChI is InChI=1S/C13H20/c1-6-13(4,5)12-8-7-10(2)9-11(12)3/h7-9H,6H2,1-5H3. The molecule has 1 rings (SSSR count). The van der Waals surface area contributed by atoms with E-state index < -0.39 is 0 Å². The van der Waals surface area contributed by atoms with Crippen LogP contribution in [0, 0.1) is 13.8 Å². The maximum absolute atomic E-state index is 2.31. The highest BCUT2D eigenvalue weighted by molar-refractivity contribution is 5.35. The molecule has 0 heterocycles. The van der Waals surface area contributed by atoms with Gasteiger partial charge in [-0.3, -0.25) is 0 Å². The van der Waals surface area contributed by atoms with Gasteiger partial charge in [0.2, 0.25) is 0 Å². The molecule has 0 N–H and O–H groups in total. The van der Waals surface area contributed by atoms with E-state index >= 15 is 0 Å². The molecule has 0 nitrogen and oxygen atoms in total. The van der Waals surface area contributed by atoms with Crippen molar-refractivity contribution in [1.82, 2.24) is 0 Å². The summed E-state index contributed by atoms with van der Waals surface area (Å²) < 4.78 is 0. The summed E-state index contributed by atoms with van der Waals surface area (Å²) in [6.45, 7) is 11.2. The average Bonchev–Trinajstić information content (AvgIpc) is 2.03. The zero-order valence-corrected chi connectivity index (χ0v) is 9.44. The van der Waals surface area contributed by atoms with E-state index in [2.05, 4.69) is 52.8 Å². The molecule has 1 aromatic carbocycles. The molecule has 0 spiro atoms. The monoisotopic (exact) mass is 176 g/mol. The minimum Gasteiger partial charge on any atom is -0.0646 e. The van der Waals surface area contributed by atoms with Gasteiger partial charge in [0.25, 0.3) is 0 Å². The lowest BCUT2D eigenvalue weighted by Crippen LogP contribution is -2.16. The molecule has 0 bridgehead atoms. The third-order valence-electron chi connectivity index (χ3n) is 2.99. The Morgan fingerprint density at radius 3 is 2.23 bits per heavy atom. The van der Waals surface area contributed by atoms with E-state index in [0.717, 1.165) is 0 Å². The second-order valence-electron chi connectivity index (χ2n) is 4.56. The van der Waals surface area contributed by atoms with Crippen LogP contribution >= 0.6 is 0 Å². The SMILES string of the molecule is CCC(C)(C)c1ccc(C)cc1C. The second-order valence-corrected chi connectivity index (χ2v) is 4.56. The van der Waals surface area contributed by atoms with E-state index in [1.165, 1.54) is 23.1 Å². The lowest BCUT2D eigenvalue weighted by Gasteiger charge is -2.25. The molecule has 0 unspecified atom stereocenters. The molecule has 0 saturated carbocycles. The van der Waals surface area contributed by atoms with Crippen LogP contribution in [-0.4, -0.2) is 0 Å². The number of hydrogen-bond donors (Lipinski definition) is 0. The van der Waals surface area contributed by atoms with Gasteiger partial charge in [-0.1, -0.05) is 44.5 Å². The van der Waals surface area contributed by atoms with Crippen molar-refractivity contribution in [2.24, 2.45) is 0 Å². The van der Waals surface area contributed by atoms with Crippen molar-refractivity contribution in [3.05, 3.63) is 34.9 Å². The Balaban J connectivity index is 3.16. The highest BCUT2D eigenvalue weighted by atomic mass is 14.2. The molecule has 0 heteroatoms. The average molecular weight is 176 g/mol. The van der Waals surface area contributed by atoms with E-state index in [0.29, 0.717) is 5.41 Å². The number of benzene rings is 1. The molecular formula is C13H20. The highest BCUT2D eigenvalue weighted by Crippen LogP contribution is 2.29. The summed E-state index contributed by atoms with van der Waals surface area (Å²) in [6, 6.07) is 6.75. The van der Waals surface area contributed by atoms with Crippen molar-refractivity contribution in [3.8, 4) is 0 Å². The van der Waals surface area contributed by atoms with Gasteiger partial charge >= 0.3 is 0 Å². The van der Waals surface area contributed by atoms with E-state index in [-0.39, 0.29) is 0 Å². The Hall–Kier alpha value is -0.780. The molecule has 0 aromatic heterocycles. The van der Waals surface area contributed by atoms with Gasteiger partial charge in [-0.25, -0.2) is 0 Å². The molecule has 0 aliphatic heterocycles. The maximum Gasteiger partial charge on any atom is -0.0104 e. The first-order chi connectivity index (χ1) is 5.97. The van der Waals surface area contributed by atoms with Crippen LogP contribution in [0.1, 0.15) is 43.9 Å². The third-order valence-corrected chi connectivity index (χ3v) is 2.99. The molecule has 0 aliphatic carbocycles. The third kappa shape index (κ3) is 2.12. The molecule has 72 valence electrons. The minimum absolute atomic E-state index is 0.317. The van der Waals surface area contributed by atoms with Crippen LogP contribution in [0.3, 0.4) is 0 Å². The predicted octanol–water partition coefficient (Wildman–Crippen LogP) is 3.99. The Morgan fingerprint density at radius 1 is 1.15 bits per heavy atom.